The van der Waals surface area contributed by atoms with Crippen molar-refractivity contribution >= 4 is 11.8 Å². The maximum atomic E-state index is 5.66. The molecule has 4 nitrogen and oxygen atoms in total. The summed E-state index contributed by atoms with van der Waals surface area (Å²) in [5, 5.41) is 9.36. The van der Waals surface area contributed by atoms with Gasteiger partial charge in [-0.2, -0.15) is 0 Å². The fourth-order valence-corrected chi connectivity index (χ4v) is 2.77. The van der Waals surface area contributed by atoms with E-state index in [0.717, 1.165) is 22.7 Å². The first-order valence-corrected chi connectivity index (χ1v) is 7.31. The summed E-state index contributed by atoms with van der Waals surface area (Å²) in [5.74, 6) is 2.76. The van der Waals surface area contributed by atoms with Gasteiger partial charge in [-0.15, -0.1) is 10.2 Å². The normalized spacial score (nSPS) is 11.7. The van der Waals surface area contributed by atoms with E-state index in [1.165, 1.54) is 12.8 Å². The number of aromatic nitrogens is 3. The molecule has 0 aliphatic rings. The minimum absolute atomic E-state index is 0.371. The molecule has 17 heavy (non-hydrogen) atoms. The highest BCUT2D eigenvalue weighted by Crippen LogP contribution is 2.22. The molecule has 1 aromatic heterocycles. The Kier molecular flexibility index (Phi) is 5.98. The second kappa shape index (κ2) is 7.01. The Morgan fingerprint density at radius 3 is 2.47 bits per heavy atom. The SMILES string of the molecule is CC(C)CCCSc1nnc(CN)n1C(C)C. The Bertz CT molecular complexity index is 333. The molecule has 0 aliphatic heterocycles. The third-order valence-corrected chi connectivity index (χ3v) is 3.62. The molecule has 98 valence electrons. The van der Waals surface area contributed by atoms with Crippen molar-refractivity contribution < 1.29 is 0 Å². The van der Waals surface area contributed by atoms with Crippen LogP contribution in [0.25, 0.3) is 0 Å². The van der Waals surface area contributed by atoms with Gasteiger partial charge in [0.25, 0.3) is 0 Å². The molecule has 0 aliphatic carbocycles. The first kappa shape index (κ1) is 14.5. The van der Waals surface area contributed by atoms with Crippen molar-refractivity contribution in [3.05, 3.63) is 5.82 Å². The maximum Gasteiger partial charge on any atom is 0.191 e. The lowest BCUT2D eigenvalue weighted by atomic mass is 10.1. The van der Waals surface area contributed by atoms with Crippen LogP contribution in [0.3, 0.4) is 0 Å². The number of hydrogen-bond acceptors (Lipinski definition) is 4. The largest absolute Gasteiger partial charge is 0.324 e. The summed E-state index contributed by atoms with van der Waals surface area (Å²) < 4.78 is 2.14. The lowest BCUT2D eigenvalue weighted by molar-refractivity contribution is 0.525. The van der Waals surface area contributed by atoms with Crippen LogP contribution in [0.2, 0.25) is 0 Å². The van der Waals surface area contributed by atoms with Crippen LogP contribution in [0, 0.1) is 5.92 Å². The fourth-order valence-electron chi connectivity index (χ4n) is 1.72. The van der Waals surface area contributed by atoms with E-state index >= 15 is 0 Å². The van der Waals surface area contributed by atoms with Gasteiger partial charge in [0.15, 0.2) is 5.16 Å². The van der Waals surface area contributed by atoms with Gasteiger partial charge in [0.2, 0.25) is 0 Å². The number of hydrogen-bond donors (Lipinski definition) is 1. The summed E-state index contributed by atoms with van der Waals surface area (Å²) in [6.45, 7) is 9.25. The number of rotatable bonds is 7. The van der Waals surface area contributed by atoms with E-state index in [0.29, 0.717) is 12.6 Å². The third kappa shape index (κ3) is 4.32. The van der Waals surface area contributed by atoms with Gasteiger partial charge in [-0.05, 0) is 26.2 Å². The van der Waals surface area contributed by atoms with Gasteiger partial charge in [-0.25, -0.2) is 0 Å². The van der Waals surface area contributed by atoms with Crippen LogP contribution >= 0.6 is 11.8 Å². The highest BCUT2D eigenvalue weighted by Gasteiger charge is 2.13. The van der Waals surface area contributed by atoms with Crippen LogP contribution < -0.4 is 5.73 Å². The van der Waals surface area contributed by atoms with Crippen LogP contribution in [0.5, 0.6) is 0 Å². The molecule has 1 aromatic rings. The highest BCUT2D eigenvalue weighted by molar-refractivity contribution is 7.99. The molecule has 0 aromatic carbocycles. The molecule has 1 heterocycles. The standard InChI is InChI=1S/C12H24N4S/c1-9(2)6-5-7-17-12-15-14-11(8-13)16(12)10(3)4/h9-10H,5-8,13H2,1-4H3. The van der Waals surface area contributed by atoms with E-state index in [4.69, 9.17) is 5.73 Å². The lowest BCUT2D eigenvalue weighted by Gasteiger charge is -2.12. The van der Waals surface area contributed by atoms with Crippen molar-refractivity contribution in [2.75, 3.05) is 5.75 Å². The van der Waals surface area contributed by atoms with Crippen molar-refractivity contribution in [2.24, 2.45) is 11.7 Å². The molecule has 5 heteroatoms. The number of thioether (sulfide) groups is 1. The van der Waals surface area contributed by atoms with Crippen molar-refractivity contribution in [3.63, 3.8) is 0 Å². The van der Waals surface area contributed by atoms with Crippen molar-refractivity contribution in [1.29, 1.82) is 0 Å². The van der Waals surface area contributed by atoms with Crippen LogP contribution in [0.4, 0.5) is 0 Å². The highest BCUT2D eigenvalue weighted by atomic mass is 32.2. The fraction of sp³-hybridized carbons (Fsp3) is 0.833. The number of nitrogens with two attached hydrogens (primary N) is 1. The van der Waals surface area contributed by atoms with Crippen molar-refractivity contribution in [1.82, 2.24) is 14.8 Å². The third-order valence-electron chi connectivity index (χ3n) is 2.59. The molecule has 0 saturated heterocycles. The van der Waals surface area contributed by atoms with Gasteiger partial charge in [-0.3, -0.25) is 0 Å². The first-order chi connectivity index (χ1) is 8.06. The minimum Gasteiger partial charge on any atom is -0.324 e. The predicted octanol–water partition coefficient (Wildman–Crippen LogP) is 2.85. The Balaban J connectivity index is 2.55. The second-order valence-electron chi connectivity index (χ2n) is 4.95. The zero-order valence-corrected chi connectivity index (χ0v) is 12.1. The van der Waals surface area contributed by atoms with E-state index in [2.05, 4.69) is 42.5 Å². The molecular formula is C12H24N4S. The zero-order valence-electron chi connectivity index (χ0n) is 11.3. The molecule has 0 unspecified atom stereocenters. The summed E-state index contributed by atoms with van der Waals surface area (Å²) in [6.07, 6.45) is 2.50. The summed E-state index contributed by atoms with van der Waals surface area (Å²) in [6, 6.07) is 0.371. The van der Waals surface area contributed by atoms with Gasteiger partial charge in [-0.1, -0.05) is 32.0 Å². The molecule has 0 atom stereocenters. The predicted molar refractivity (Wildman–Crippen MR) is 73.1 cm³/mol. The topological polar surface area (TPSA) is 56.7 Å². The molecular weight excluding hydrogens is 232 g/mol. The summed E-state index contributed by atoms with van der Waals surface area (Å²) >= 11 is 1.79. The summed E-state index contributed by atoms with van der Waals surface area (Å²) in [7, 11) is 0. The Morgan fingerprint density at radius 1 is 1.24 bits per heavy atom. The van der Waals surface area contributed by atoms with E-state index in [1.54, 1.807) is 11.8 Å². The molecule has 2 N–H and O–H groups in total. The van der Waals surface area contributed by atoms with Crippen LogP contribution in [0.1, 0.15) is 52.4 Å². The Hall–Kier alpha value is -0.550. The molecule has 0 spiro atoms. The minimum atomic E-state index is 0.371. The summed E-state index contributed by atoms with van der Waals surface area (Å²) in [4.78, 5) is 0. The number of nitrogens with zero attached hydrogens (tertiary/aromatic N) is 3. The van der Waals surface area contributed by atoms with Crippen LogP contribution in [0.15, 0.2) is 5.16 Å². The lowest BCUT2D eigenvalue weighted by Crippen LogP contribution is -2.11. The van der Waals surface area contributed by atoms with Gasteiger partial charge in [0.1, 0.15) is 5.82 Å². The van der Waals surface area contributed by atoms with Crippen molar-refractivity contribution in [2.45, 2.75) is 58.3 Å². The smallest absolute Gasteiger partial charge is 0.191 e. The molecule has 1 rings (SSSR count). The van der Waals surface area contributed by atoms with Gasteiger partial charge in [0, 0.05) is 11.8 Å². The molecule has 0 fully saturated rings. The van der Waals surface area contributed by atoms with Crippen LogP contribution in [-0.4, -0.2) is 20.5 Å². The average Bonchev–Trinajstić information content (AvgIpc) is 2.67. The van der Waals surface area contributed by atoms with E-state index in [1.807, 2.05) is 0 Å². The molecule has 0 radical (unpaired) electrons. The quantitative estimate of drug-likeness (QED) is 0.602. The van der Waals surface area contributed by atoms with Crippen molar-refractivity contribution in [3.8, 4) is 0 Å². The van der Waals surface area contributed by atoms with Gasteiger partial charge < -0.3 is 10.3 Å². The van der Waals surface area contributed by atoms with Gasteiger partial charge in [0.05, 0.1) is 6.54 Å². The Morgan fingerprint density at radius 2 is 1.94 bits per heavy atom. The monoisotopic (exact) mass is 256 g/mol. The van der Waals surface area contributed by atoms with Crippen LogP contribution in [-0.2, 0) is 6.54 Å². The van der Waals surface area contributed by atoms with Gasteiger partial charge >= 0.3 is 0 Å². The average molecular weight is 256 g/mol. The molecule has 0 amide bonds. The summed E-state index contributed by atoms with van der Waals surface area (Å²) in [5.41, 5.74) is 5.66. The molecule has 0 saturated carbocycles. The molecule has 0 bridgehead atoms. The maximum absolute atomic E-state index is 5.66. The van der Waals surface area contributed by atoms with E-state index in [9.17, 15) is 0 Å². The zero-order chi connectivity index (χ0) is 12.8. The Labute approximate surface area is 108 Å². The van der Waals surface area contributed by atoms with E-state index < -0.39 is 0 Å². The first-order valence-electron chi connectivity index (χ1n) is 6.32. The second-order valence-corrected chi connectivity index (χ2v) is 6.01. The van der Waals surface area contributed by atoms with E-state index in [-0.39, 0.29) is 0 Å².